The molecule has 0 aliphatic rings. The highest BCUT2D eigenvalue weighted by Crippen LogP contribution is 2.26. The second kappa shape index (κ2) is 6.63. The molecule has 0 aromatic heterocycles. The van der Waals surface area contributed by atoms with Gasteiger partial charge in [-0.1, -0.05) is 36.4 Å². The minimum Gasteiger partial charge on any atom is -0.406 e. The molecule has 0 atom stereocenters. The molecule has 0 fully saturated rings. The summed E-state index contributed by atoms with van der Waals surface area (Å²) >= 11 is 0. The Kier molecular flexibility index (Phi) is 4.85. The van der Waals surface area contributed by atoms with E-state index in [1.165, 1.54) is 12.1 Å². The first-order valence-electron chi connectivity index (χ1n) is 6.54. The highest BCUT2D eigenvalue weighted by molar-refractivity contribution is 5.64. The second-order valence-electron chi connectivity index (χ2n) is 4.60. The molecule has 0 spiro atoms. The van der Waals surface area contributed by atoms with E-state index in [0.717, 1.165) is 23.1 Å². The van der Waals surface area contributed by atoms with Crippen LogP contribution in [0.1, 0.15) is 12.0 Å². The predicted molar refractivity (Wildman–Crippen MR) is 74.0 cm³/mol. The van der Waals surface area contributed by atoms with E-state index in [9.17, 15) is 13.2 Å². The van der Waals surface area contributed by atoms with Crippen molar-refractivity contribution in [1.82, 2.24) is 0 Å². The van der Waals surface area contributed by atoms with Gasteiger partial charge in [-0.2, -0.15) is 0 Å². The number of ether oxygens (including phenoxy) is 1. The van der Waals surface area contributed by atoms with Gasteiger partial charge in [-0.3, -0.25) is 0 Å². The number of halogens is 3. The van der Waals surface area contributed by atoms with Gasteiger partial charge >= 0.3 is 6.36 Å². The maximum atomic E-state index is 12.1. The lowest BCUT2D eigenvalue weighted by molar-refractivity contribution is -0.274. The van der Waals surface area contributed by atoms with Crippen LogP contribution in [0.4, 0.5) is 13.2 Å². The topological polar surface area (TPSA) is 29.5 Å². The first-order chi connectivity index (χ1) is 9.98. The summed E-state index contributed by atoms with van der Waals surface area (Å²) in [6.07, 6.45) is -3.16. The number of benzene rings is 2. The second-order valence-corrected chi connectivity index (χ2v) is 4.60. The van der Waals surface area contributed by atoms with Crippen LogP contribution >= 0.6 is 0 Å². The van der Waals surface area contributed by atoms with Gasteiger partial charge in [0.2, 0.25) is 0 Å². The molecule has 2 rings (SSSR count). The van der Waals surface area contributed by atoms with Crippen LogP contribution in [-0.4, -0.2) is 18.1 Å². The van der Waals surface area contributed by atoms with Crippen molar-refractivity contribution in [2.45, 2.75) is 19.2 Å². The molecule has 0 radical (unpaired) electrons. The molecule has 2 aromatic carbocycles. The van der Waals surface area contributed by atoms with Crippen molar-refractivity contribution in [1.29, 1.82) is 0 Å². The van der Waals surface area contributed by atoms with Gasteiger partial charge in [0.25, 0.3) is 0 Å². The number of rotatable bonds is 5. The normalized spacial score (nSPS) is 11.4. The molecule has 0 saturated heterocycles. The number of hydrogen-bond donors (Lipinski definition) is 1. The van der Waals surface area contributed by atoms with Gasteiger partial charge in [0, 0.05) is 6.61 Å². The van der Waals surface area contributed by atoms with Crippen LogP contribution in [-0.2, 0) is 6.42 Å². The Balaban J connectivity index is 2.08. The molecule has 112 valence electrons. The largest absolute Gasteiger partial charge is 0.573 e. The summed E-state index contributed by atoms with van der Waals surface area (Å²) in [6, 6.07) is 13.5. The summed E-state index contributed by atoms with van der Waals surface area (Å²) in [5, 5.41) is 8.77. The molecule has 2 aromatic rings. The Morgan fingerprint density at radius 1 is 0.857 bits per heavy atom. The minimum absolute atomic E-state index is 0.155. The summed E-state index contributed by atoms with van der Waals surface area (Å²) in [5.74, 6) is -0.231. The lowest BCUT2D eigenvalue weighted by atomic mass is 10.0. The molecular weight excluding hydrogens is 281 g/mol. The number of aryl methyl sites for hydroxylation is 1. The highest BCUT2D eigenvalue weighted by Gasteiger charge is 2.30. The monoisotopic (exact) mass is 296 g/mol. The molecule has 0 unspecified atom stereocenters. The summed E-state index contributed by atoms with van der Waals surface area (Å²) in [6.45, 7) is 0.155. The van der Waals surface area contributed by atoms with Crippen LogP contribution in [0.15, 0.2) is 48.5 Å². The van der Waals surface area contributed by atoms with E-state index in [1.807, 2.05) is 24.3 Å². The zero-order valence-corrected chi connectivity index (χ0v) is 11.2. The Labute approximate surface area is 120 Å². The van der Waals surface area contributed by atoms with Crippen molar-refractivity contribution in [3.8, 4) is 16.9 Å². The Morgan fingerprint density at radius 3 is 1.86 bits per heavy atom. The van der Waals surface area contributed by atoms with Crippen molar-refractivity contribution in [2.24, 2.45) is 0 Å². The smallest absolute Gasteiger partial charge is 0.406 e. The first kappa shape index (κ1) is 15.4. The fourth-order valence-electron chi connectivity index (χ4n) is 2.00. The number of aliphatic hydroxyl groups excluding tert-OH is 1. The SMILES string of the molecule is OCCCc1ccc(-c2ccc(OC(F)(F)F)cc2)cc1. The van der Waals surface area contributed by atoms with E-state index < -0.39 is 6.36 Å². The van der Waals surface area contributed by atoms with Gasteiger partial charge in [0.15, 0.2) is 0 Å². The van der Waals surface area contributed by atoms with Gasteiger partial charge in [0.05, 0.1) is 0 Å². The maximum Gasteiger partial charge on any atom is 0.573 e. The standard InChI is InChI=1S/C16H15F3O2/c17-16(18,19)21-15-9-7-14(8-10-15)13-5-3-12(4-6-13)2-1-11-20/h3-10,20H,1-2,11H2. The third-order valence-corrected chi connectivity index (χ3v) is 3.00. The first-order valence-corrected chi connectivity index (χ1v) is 6.54. The van der Waals surface area contributed by atoms with Crippen LogP contribution in [0.3, 0.4) is 0 Å². The molecule has 21 heavy (non-hydrogen) atoms. The zero-order chi connectivity index (χ0) is 15.3. The Hall–Kier alpha value is -2.01. The molecule has 5 heteroatoms. The number of aliphatic hydroxyl groups is 1. The average Bonchev–Trinajstić information content (AvgIpc) is 2.45. The van der Waals surface area contributed by atoms with E-state index in [2.05, 4.69) is 4.74 Å². The van der Waals surface area contributed by atoms with Crippen LogP contribution in [0, 0.1) is 0 Å². The van der Waals surface area contributed by atoms with Crippen molar-refractivity contribution in [3.05, 3.63) is 54.1 Å². The van der Waals surface area contributed by atoms with Crippen molar-refractivity contribution in [2.75, 3.05) is 6.61 Å². The van der Waals surface area contributed by atoms with Gasteiger partial charge in [-0.05, 0) is 41.7 Å². The predicted octanol–water partition coefficient (Wildman–Crippen LogP) is 4.18. The minimum atomic E-state index is -4.67. The third-order valence-electron chi connectivity index (χ3n) is 3.00. The highest BCUT2D eigenvalue weighted by atomic mass is 19.4. The molecule has 0 amide bonds. The molecule has 2 nitrogen and oxygen atoms in total. The number of hydrogen-bond acceptors (Lipinski definition) is 2. The van der Waals surface area contributed by atoms with Crippen LogP contribution in [0.25, 0.3) is 11.1 Å². The fraction of sp³-hybridized carbons (Fsp3) is 0.250. The van der Waals surface area contributed by atoms with Crippen LogP contribution < -0.4 is 4.74 Å². The van der Waals surface area contributed by atoms with Gasteiger partial charge in [-0.25, -0.2) is 0 Å². The summed E-state index contributed by atoms with van der Waals surface area (Å²) < 4.78 is 40.0. The number of alkyl halides is 3. The summed E-state index contributed by atoms with van der Waals surface area (Å²) in [4.78, 5) is 0. The fourth-order valence-corrected chi connectivity index (χ4v) is 2.00. The molecule has 0 bridgehead atoms. The summed E-state index contributed by atoms with van der Waals surface area (Å²) in [5.41, 5.74) is 2.85. The molecule has 1 N–H and O–H groups in total. The van der Waals surface area contributed by atoms with E-state index in [-0.39, 0.29) is 12.4 Å². The van der Waals surface area contributed by atoms with Crippen molar-refractivity contribution >= 4 is 0 Å². The zero-order valence-electron chi connectivity index (χ0n) is 11.2. The molecule has 0 aliphatic heterocycles. The van der Waals surface area contributed by atoms with Crippen LogP contribution in [0.5, 0.6) is 5.75 Å². The van der Waals surface area contributed by atoms with Crippen LogP contribution in [0.2, 0.25) is 0 Å². The van der Waals surface area contributed by atoms with E-state index >= 15 is 0 Å². The maximum absolute atomic E-state index is 12.1. The quantitative estimate of drug-likeness (QED) is 0.897. The van der Waals surface area contributed by atoms with E-state index in [0.29, 0.717) is 6.42 Å². The third kappa shape index (κ3) is 4.79. The van der Waals surface area contributed by atoms with E-state index in [4.69, 9.17) is 5.11 Å². The van der Waals surface area contributed by atoms with Gasteiger partial charge in [-0.15, -0.1) is 13.2 Å². The molecular formula is C16H15F3O2. The van der Waals surface area contributed by atoms with Crippen molar-refractivity contribution in [3.63, 3.8) is 0 Å². The Bertz CT molecular complexity index is 560. The van der Waals surface area contributed by atoms with E-state index in [1.54, 1.807) is 12.1 Å². The molecule has 0 aliphatic carbocycles. The lowest BCUT2D eigenvalue weighted by Crippen LogP contribution is -2.16. The lowest BCUT2D eigenvalue weighted by Gasteiger charge is -2.09. The molecule has 0 heterocycles. The Morgan fingerprint density at radius 2 is 1.38 bits per heavy atom. The van der Waals surface area contributed by atoms with Gasteiger partial charge < -0.3 is 9.84 Å². The van der Waals surface area contributed by atoms with Gasteiger partial charge in [0.1, 0.15) is 5.75 Å². The van der Waals surface area contributed by atoms with Crippen molar-refractivity contribution < 1.29 is 23.0 Å². The average molecular weight is 296 g/mol. The molecule has 0 saturated carbocycles. The summed E-state index contributed by atoms with van der Waals surface area (Å²) in [7, 11) is 0.